The number of nitrogens with zero attached hydrogens (tertiary/aromatic N) is 1. The summed E-state index contributed by atoms with van der Waals surface area (Å²) >= 11 is 15.7. The van der Waals surface area contributed by atoms with Crippen molar-refractivity contribution in [2.45, 2.75) is 20.0 Å². The van der Waals surface area contributed by atoms with Crippen molar-refractivity contribution < 1.29 is 14.3 Å². The first-order chi connectivity index (χ1) is 13.4. The van der Waals surface area contributed by atoms with Crippen molar-refractivity contribution in [3.05, 3.63) is 62.0 Å². The van der Waals surface area contributed by atoms with Gasteiger partial charge in [-0.15, -0.1) is 0 Å². The number of halogens is 3. The van der Waals surface area contributed by atoms with Crippen LogP contribution in [-0.4, -0.2) is 24.6 Å². The van der Waals surface area contributed by atoms with Gasteiger partial charge >= 0.3 is 11.8 Å². The molecule has 0 saturated heterocycles. The van der Waals surface area contributed by atoms with E-state index in [0.29, 0.717) is 33.5 Å². The van der Waals surface area contributed by atoms with Crippen LogP contribution in [0.4, 0.5) is 0 Å². The third-order valence-corrected chi connectivity index (χ3v) is 4.72. The van der Waals surface area contributed by atoms with Gasteiger partial charge in [0, 0.05) is 32.2 Å². The Morgan fingerprint density at radius 3 is 2.57 bits per heavy atom. The summed E-state index contributed by atoms with van der Waals surface area (Å²) in [6.45, 7) is 2.47. The summed E-state index contributed by atoms with van der Waals surface area (Å²) in [5, 5.41) is 7.30. The van der Waals surface area contributed by atoms with E-state index in [0.717, 1.165) is 10.9 Å². The van der Waals surface area contributed by atoms with Crippen LogP contribution in [-0.2, 0) is 16.2 Å². The standard InChI is InChI=1S/C19H18BrCl2N3O3/c1-2-8-23-18(26)19(27)25-24-10-12-9-13(20)6-7-17(12)28-11-14-15(21)4-3-5-16(14)22/h3-7,9-10H,2,8,11H2,1H3,(H,23,26)(H,25,27)/b24-10-. The van der Waals surface area contributed by atoms with Crippen LogP contribution in [0, 0.1) is 0 Å². The lowest BCUT2D eigenvalue weighted by Gasteiger charge is -2.12. The van der Waals surface area contributed by atoms with Gasteiger partial charge in [-0.05, 0) is 36.8 Å². The fourth-order valence-electron chi connectivity index (χ4n) is 2.10. The largest absolute Gasteiger partial charge is 0.488 e. The molecule has 0 aliphatic carbocycles. The lowest BCUT2D eigenvalue weighted by molar-refractivity contribution is -0.139. The fourth-order valence-corrected chi connectivity index (χ4v) is 2.99. The summed E-state index contributed by atoms with van der Waals surface area (Å²) in [5.41, 5.74) is 3.44. The van der Waals surface area contributed by atoms with Crippen LogP contribution >= 0.6 is 39.1 Å². The molecule has 0 aliphatic rings. The number of rotatable bonds is 7. The van der Waals surface area contributed by atoms with Crippen molar-refractivity contribution in [1.82, 2.24) is 10.7 Å². The Balaban J connectivity index is 2.07. The zero-order chi connectivity index (χ0) is 20.5. The first-order valence-electron chi connectivity index (χ1n) is 8.38. The third kappa shape index (κ3) is 6.51. The maximum Gasteiger partial charge on any atom is 0.329 e. The average molecular weight is 487 g/mol. The number of benzene rings is 2. The topological polar surface area (TPSA) is 79.8 Å². The van der Waals surface area contributed by atoms with Gasteiger partial charge in [0.2, 0.25) is 0 Å². The summed E-state index contributed by atoms with van der Waals surface area (Å²) in [4.78, 5) is 23.2. The molecule has 0 unspecified atom stereocenters. The first kappa shape index (κ1) is 22.2. The monoisotopic (exact) mass is 485 g/mol. The van der Waals surface area contributed by atoms with Gasteiger partial charge in [0.25, 0.3) is 0 Å². The normalized spacial score (nSPS) is 10.7. The number of hydrogen-bond acceptors (Lipinski definition) is 4. The number of amides is 2. The molecule has 2 N–H and O–H groups in total. The molecular weight excluding hydrogens is 469 g/mol. The van der Waals surface area contributed by atoms with Gasteiger partial charge < -0.3 is 10.1 Å². The van der Waals surface area contributed by atoms with Gasteiger partial charge in [-0.2, -0.15) is 5.10 Å². The van der Waals surface area contributed by atoms with Crippen LogP contribution in [0.1, 0.15) is 24.5 Å². The van der Waals surface area contributed by atoms with E-state index in [2.05, 4.69) is 31.8 Å². The maximum atomic E-state index is 11.7. The Bertz CT molecular complexity index is 870. The Hall–Kier alpha value is -2.09. The van der Waals surface area contributed by atoms with Gasteiger partial charge in [0.05, 0.1) is 6.21 Å². The number of hydrazone groups is 1. The molecule has 0 aromatic heterocycles. The van der Waals surface area contributed by atoms with E-state index in [1.807, 2.05) is 6.92 Å². The van der Waals surface area contributed by atoms with Gasteiger partial charge in [-0.1, -0.05) is 52.1 Å². The molecule has 0 saturated carbocycles. The second-order valence-electron chi connectivity index (χ2n) is 5.63. The summed E-state index contributed by atoms with van der Waals surface area (Å²) in [7, 11) is 0. The summed E-state index contributed by atoms with van der Waals surface area (Å²) in [5.74, 6) is -1.07. The molecule has 2 aromatic carbocycles. The van der Waals surface area contributed by atoms with Crippen LogP contribution in [0.25, 0.3) is 0 Å². The lowest BCUT2D eigenvalue weighted by Crippen LogP contribution is -2.38. The highest BCUT2D eigenvalue weighted by molar-refractivity contribution is 9.10. The highest BCUT2D eigenvalue weighted by atomic mass is 79.9. The fraction of sp³-hybridized carbons (Fsp3) is 0.211. The van der Waals surface area contributed by atoms with Crippen LogP contribution < -0.4 is 15.5 Å². The molecule has 0 heterocycles. The van der Waals surface area contributed by atoms with E-state index >= 15 is 0 Å². The minimum Gasteiger partial charge on any atom is -0.488 e. The molecule has 9 heteroatoms. The molecule has 0 radical (unpaired) electrons. The zero-order valence-corrected chi connectivity index (χ0v) is 18.1. The number of ether oxygens (including phenoxy) is 1. The van der Waals surface area contributed by atoms with Crippen molar-refractivity contribution in [2.24, 2.45) is 5.10 Å². The minimum absolute atomic E-state index is 0.159. The quantitative estimate of drug-likeness (QED) is 0.347. The van der Waals surface area contributed by atoms with Crippen molar-refractivity contribution in [3.63, 3.8) is 0 Å². The van der Waals surface area contributed by atoms with Crippen LogP contribution in [0.15, 0.2) is 46.0 Å². The maximum absolute atomic E-state index is 11.7. The molecule has 0 atom stereocenters. The molecule has 148 valence electrons. The molecule has 0 aliphatic heterocycles. The lowest BCUT2D eigenvalue weighted by atomic mass is 10.2. The van der Waals surface area contributed by atoms with Gasteiger partial charge in [-0.25, -0.2) is 5.43 Å². The van der Waals surface area contributed by atoms with Gasteiger partial charge in [-0.3, -0.25) is 9.59 Å². The number of nitrogens with one attached hydrogen (secondary N) is 2. The van der Waals surface area contributed by atoms with E-state index in [1.165, 1.54) is 6.21 Å². The molecule has 2 rings (SSSR count). The molecule has 6 nitrogen and oxygen atoms in total. The second kappa shape index (κ2) is 11.0. The van der Waals surface area contributed by atoms with Crippen molar-refractivity contribution in [3.8, 4) is 5.75 Å². The number of carbonyl (C=O) groups excluding carboxylic acids is 2. The number of carbonyl (C=O) groups is 2. The van der Waals surface area contributed by atoms with E-state index in [9.17, 15) is 9.59 Å². The number of hydrogen-bond donors (Lipinski definition) is 2. The smallest absolute Gasteiger partial charge is 0.329 e. The minimum atomic E-state index is -0.843. The molecule has 0 spiro atoms. The highest BCUT2D eigenvalue weighted by Crippen LogP contribution is 2.27. The first-order valence-corrected chi connectivity index (χ1v) is 9.93. The van der Waals surface area contributed by atoms with Crippen LogP contribution in [0.5, 0.6) is 5.75 Å². The molecule has 0 fully saturated rings. The highest BCUT2D eigenvalue weighted by Gasteiger charge is 2.12. The molecule has 2 aromatic rings. The third-order valence-electron chi connectivity index (χ3n) is 3.52. The Labute approximate surface area is 181 Å². The van der Waals surface area contributed by atoms with Crippen LogP contribution in [0.3, 0.4) is 0 Å². The van der Waals surface area contributed by atoms with E-state index in [-0.39, 0.29) is 6.61 Å². The van der Waals surface area contributed by atoms with E-state index in [1.54, 1.807) is 36.4 Å². The predicted molar refractivity (Wildman–Crippen MR) is 114 cm³/mol. The Morgan fingerprint density at radius 2 is 1.89 bits per heavy atom. The second-order valence-corrected chi connectivity index (χ2v) is 7.36. The van der Waals surface area contributed by atoms with Crippen molar-refractivity contribution >= 4 is 57.2 Å². The molecule has 2 amide bonds. The van der Waals surface area contributed by atoms with E-state index < -0.39 is 11.8 Å². The average Bonchev–Trinajstić information content (AvgIpc) is 2.66. The van der Waals surface area contributed by atoms with Crippen molar-refractivity contribution in [2.75, 3.05) is 6.54 Å². The Morgan fingerprint density at radius 1 is 1.18 bits per heavy atom. The predicted octanol–water partition coefficient (Wildman–Crippen LogP) is 4.31. The van der Waals surface area contributed by atoms with Gasteiger partial charge in [0.1, 0.15) is 12.4 Å². The summed E-state index contributed by atoms with van der Waals surface area (Å²) in [6, 6.07) is 10.5. The SMILES string of the molecule is CCCNC(=O)C(=O)N/N=C\c1cc(Br)ccc1OCc1c(Cl)cccc1Cl. The summed E-state index contributed by atoms with van der Waals surface area (Å²) < 4.78 is 6.62. The van der Waals surface area contributed by atoms with E-state index in [4.69, 9.17) is 27.9 Å². The molecule has 0 bridgehead atoms. The summed E-state index contributed by atoms with van der Waals surface area (Å²) in [6.07, 6.45) is 2.12. The molecular formula is C19H18BrCl2N3O3. The van der Waals surface area contributed by atoms with Crippen molar-refractivity contribution in [1.29, 1.82) is 0 Å². The zero-order valence-electron chi connectivity index (χ0n) is 15.0. The Kier molecular flexibility index (Phi) is 8.76. The van der Waals surface area contributed by atoms with Gasteiger partial charge in [0.15, 0.2) is 0 Å². The van der Waals surface area contributed by atoms with Crippen LogP contribution in [0.2, 0.25) is 10.0 Å². The molecule has 28 heavy (non-hydrogen) atoms.